The molecule has 1 aromatic rings. The quantitative estimate of drug-likeness (QED) is 0.775. The fourth-order valence-corrected chi connectivity index (χ4v) is 4.46. The molecule has 2 aliphatic rings. The average Bonchev–Trinajstić information content (AvgIpc) is 2.96. The van der Waals surface area contributed by atoms with Gasteiger partial charge < -0.3 is 9.73 Å². The van der Waals surface area contributed by atoms with Gasteiger partial charge in [-0.15, -0.1) is 0 Å². The zero-order chi connectivity index (χ0) is 14.5. The van der Waals surface area contributed by atoms with Crippen molar-refractivity contribution < 1.29 is 9.21 Å². The van der Waals surface area contributed by atoms with Crippen molar-refractivity contribution in [3.63, 3.8) is 0 Å². The van der Waals surface area contributed by atoms with Crippen molar-refractivity contribution in [1.82, 2.24) is 5.32 Å². The van der Waals surface area contributed by atoms with E-state index in [0.717, 1.165) is 36.7 Å². The van der Waals surface area contributed by atoms with Gasteiger partial charge in [-0.3, -0.25) is 4.79 Å². The zero-order valence-electron chi connectivity index (χ0n) is 12.6. The van der Waals surface area contributed by atoms with Gasteiger partial charge in [-0.1, -0.05) is 19.3 Å². The van der Waals surface area contributed by atoms with Crippen molar-refractivity contribution in [2.75, 3.05) is 12.3 Å². The van der Waals surface area contributed by atoms with Gasteiger partial charge in [0.1, 0.15) is 5.76 Å². The maximum atomic E-state index is 12.2. The van der Waals surface area contributed by atoms with Gasteiger partial charge >= 0.3 is 0 Å². The monoisotopic (exact) mass is 307 g/mol. The SMILES string of the molecule is O=C(NCCCSCc1ccco1)[C@H]1CC12CCCCC2. The van der Waals surface area contributed by atoms with E-state index in [-0.39, 0.29) is 0 Å². The van der Waals surface area contributed by atoms with Crippen LogP contribution in [0.4, 0.5) is 0 Å². The molecule has 21 heavy (non-hydrogen) atoms. The Morgan fingerprint density at radius 1 is 1.38 bits per heavy atom. The Balaban J connectivity index is 1.25. The Bertz CT molecular complexity index is 451. The van der Waals surface area contributed by atoms with Crippen molar-refractivity contribution in [3.8, 4) is 0 Å². The summed E-state index contributed by atoms with van der Waals surface area (Å²) in [6, 6.07) is 3.93. The van der Waals surface area contributed by atoms with Crippen LogP contribution in [-0.2, 0) is 10.5 Å². The number of carbonyl (C=O) groups excluding carboxylic acids is 1. The van der Waals surface area contributed by atoms with Crippen molar-refractivity contribution in [1.29, 1.82) is 0 Å². The van der Waals surface area contributed by atoms with Crippen LogP contribution in [0.1, 0.15) is 50.7 Å². The number of carbonyl (C=O) groups is 1. The first-order valence-electron chi connectivity index (χ1n) is 8.18. The van der Waals surface area contributed by atoms with Gasteiger partial charge in [-0.25, -0.2) is 0 Å². The summed E-state index contributed by atoms with van der Waals surface area (Å²) in [5.74, 6) is 3.66. The zero-order valence-corrected chi connectivity index (χ0v) is 13.4. The lowest BCUT2D eigenvalue weighted by atomic mass is 9.84. The molecule has 2 saturated carbocycles. The van der Waals surface area contributed by atoms with E-state index >= 15 is 0 Å². The molecule has 1 amide bonds. The molecule has 1 atom stereocenters. The van der Waals surface area contributed by atoms with Crippen molar-refractivity contribution >= 4 is 17.7 Å². The third-order valence-corrected chi connectivity index (χ3v) is 6.01. The summed E-state index contributed by atoms with van der Waals surface area (Å²) in [5, 5.41) is 3.13. The Kier molecular flexibility index (Phi) is 4.94. The minimum absolute atomic E-state index is 0.313. The highest BCUT2D eigenvalue weighted by atomic mass is 32.2. The second kappa shape index (κ2) is 6.91. The van der Waals surface area contributed by atoms with E-state index < -0.39 is 0 Å². The molecule has 4 heteroatoms. The Morgan fingerprint density at radius 2 is 2.24 bits per heavy atom. The summed E-state index contributed by atoms with van der Waals surface area (Å²) in [6.45, 7) is 0.816. The van der Waals surface area contributed by atoms with Crippen LogP contribution in [-0.4, -0.2) is 18.2 Å². The van der Waals surface area contributed by atoms with Gasteiger partial charge in [-0.05, 0) is 49.0 Å². The normalized spacial score (nSPS) is 23.1. The largest absolute Gasteiger partial charge is 0.468 e. The molecular formula is C17H25NO2S. The van der Waals surface area contributed by atoms with E-state index in [1.807, 2.05) is 23.9 Å². The second-order valence-electron chi connectivity index (χ2n) is 6.46. The van der Waals surface area contributed by atoms with Crippen LogP contribution >= 0.6 is 11.8 Å². The minimum Gasteiger partial charge on any atom is -0.468 e. The molecular weight excluding hydrogens is 282 g/mol. The van der Waals surface area contributed by atoms with Gasteiger partial charge in [0.15, 0.2) is 0 Å². The highest BCUT2D eigenvalue weighted by molar-refractivity contribution is 7.98. The van der Waals surface area contributed by atoms with Crippen LogP contribution in [0.2, 0.25) is 0 Å². The summed E-state index contributed by atoms with van der Waals surface area (Å²) < 4.78 is 5.29. The molecule has 0 bridgehead atoms. The number of hydrogen-bond donors (Lipinski definition) is 1. The first-order valence-corrected chi connectivity index (χ1v) is 9.33. The van der Waals surface area contributed by atoms with Crippen LogP contribution < -0.4 is 5.32 Å². The van der Waals surface area contributed by atoms with Crippen LogP contribution in [0.5, 0.6) is 0 Å². The van der Waals surface area contributed by atoms with Gasteiger partial charge in [0, 0.05) is 12.5 Å². The molecule has 116 valence electrons. The predicted molar refractivity (Wildman–Crippen MR) is 86.1 cm³/mol. The van der Waals surface area contributed by atoms with Crippen molar-refractivity contribution in [3.05, 3.63) is 24.2 Å². The van der Waals surface area contributed by atoms with E-state index in [2.05, 4.69) is 5.32 Å². The highest BCUT2D eigenvalue weighted by Crippen LogP contribution is 2.61. The van der Waals surface area contributed by atoms with Crippen LogP contribution in [0.25, 0.3) is 0 Å². The Labute approximate surface area is 131 Å². The highest BCUT2D eigenvalue weighted by Gasteiger charge is 2.57. The first-order chi connectivity index (χ1) is 10.3. The standard InChI is InChI=1S/C17H25NO2S/c19-16(15-12-17(15)7-2-1-3-8-17)18-9-5-11-21-13-14-6-4-10-20-14/h4,6,10,15H,1-3,5,7-9,11-13H2,(H,18,19)/t15-/m1/s1. The Morgan fingerprint density at radius 3 is 3.00 bits per heavy atom. The fourth-order valence-electron chi connectivity index (χ4n) is 3.60. The number of thioether (sulfide) groups is 1. The van der Waals surface area contributed by atoms with E-state index in [1.54, 1.807) is 6.26 Å². The molecule has 0 saturated heterocycles. The van der Waals surface area contributed by atoms with E-state index in [4.69, 9.17) is 4.42 Å². The summed E-state index contributed by atoms with van der Waals surface area (Å²) >= 11 is 1.86. The van der Waals surface area contributed by atoms with Crippen LogP contribution in [0.15, 0.2) is 22.8 Å². The first kappa shape index (κ1) is 15.0. The van der Waals surface area contributed by atoms with Crippen molar-refractivity contribution in [2.24, 2.45) is 11.3 Å². The minimum atomic E-state index is 0.313. The average molecular weight is 307 g/mol. The lowest BCUT2D eigenvalue weighted by Gasteiger charge is -2.22. The molecule has 0 aromatic carbocycles. The summed E-state index contributed by atoms with van der Waals surface area (Å²) in [4.78, 5) is 12.2. The number of nitrogens with one attached hydrogen (secondary N) is 1. The number of furan rings is 1. The molecule has 1 heterocycles. The summed E-state index contributed by atoms with van der Waals surface area (Å²) in [7, 11) is 0. The molecule has 0 radical (unpaired) electrons. The predicted octanol–water partition coefficient (Wildman–Crippen LogP) is 3.99. The maximum absolute atomic E-state index is 12.2. The van der Waals surface area contributed by atoms with E-state index in [0.29, 0.717) is 17.2 Å². The molecule has 3 rings (SSSR count). The van der Waals surface area contributed by atoms with Gasteiger partial charge in [0.25, 0.3) is 0 Å². The molecule has 3 nitrogen and oxygen atoms in total. The molecule has 2 aliphatic carbocycles. The van der Waals surface area contributed by atoms with Gasteiger partial charge in [0.2, 0.25) is 5.91 Å². The lowest BCUT2D eigenvalue weighted by molar-refractivity contribution is -0.123. The van der Waals surface area contributed by atoms with Crippen LogP contribution in [0, 0.1) is 11.3 Å². The molecule has 1 aromatic heterocycles. The fraction of sp³-hybridized carbons (Fsp3) is 0.706. The lowest BCUT2D eigenvalue weighted by Crippen LogP contribution is -2.29. The second-order valence-corrected chi connectivity index (χ2v) is 7.56. The number of hydrogen-bond acceptors (Lipinski definition) is 3. The summed E-state index contributed by atoms with van der Waals surface area (Å²) in [6.07, 6.45) is 10.5. The molecule has 0 unspecified atom stereocenters. The maximum Gasteiger partial charge on any atom is 0.223 e. The Hall–Kier alpha value is -0.900. The van der Waals surface area contributed by atoms with Gasteiger partial charge in [0.05, 0.1) is 12.0 Å². The smallest absolute Gasteiger partial charge is 0.223 e. The third-order valence-electron chi connectivity index (χ3n) is 4.94. The molecule has 0 aliphatic heterocycles. The molecule has 2 fully saturated rings. The molecule has 1 N–H and O–H groups in total. The molecule has 1 spiro atoms. The van der Waals surface area contributed by atoms with Crippen LogP contribution in [0.3, 0.4) is 0 Å². The van der Waals surface area contributed by atoms with E-state index in [9.17, 15) is 4.79 Å². The number of amides is 1. The van der Waals surface area contributed by atoms with E-state index in [1.165, 1.54) is 32.1 Å². The topological polar surface area (TPSA) is 42.2 Å². The number of rotatable bonds is 7. The van der Waals surface area contributed by atoms with Gasteiger partial charge in [-0.2, -0.15) is 11.8 Å². The van der Waals surface area contributed by atoms with Crippen molar-refractivity contribution in [2.45, 2.75) is 50.7 Å². The third kappa shape index (κ3) is 3.85. The summed E-state index contributed by atoms with van der Waals surface area (Å²) in [5.41, 5.74) is 0.413.